The molecular weight excluding hydrogens is 266 g/mol. The standard InChI is InChI=1S/C16H19N3O2/c1-3-4-9-19-12(11-17)10-13(18)16(19)21-15-8-6-5-7-14(15)20-2/h5-8,10H,3-4,9,18H2,1-2H3. The van der Waals surface area contributed by atoms with E-state index in [2.05, 4.69) is 13.0 Å². The number of ether oxygens (including phenoxy) is 2. The number of nitriles is 1. The Morgan fingerprint density at radius 3 is 2.62 bits per heavy atom. The highest BCUT2D eigenvalue weighted by molar-refractivity contribution is 5.57. The minimum atomic E-state index is 0.452. The number of hydrogen-bond donors (Lipinski definition) is 1. The van der Waals surface area contributed by atoms with Crippen molar-refractivity contribution >= 4 is 5.69 Å². The van der Waals surface area contributed by atoms with Crippen molar-refractivity contribution in [2.75, 3.05) is 12.8 Å². The van der Waals surface area contributed by atoms with E-state index in [-0.39, 0.29) is 0 Å². The Balaban J connectivity index is 2.39. The van der Waals surface area contributed by atoms with Crippen molar-refractivity contribution in [1.82, 2.24) is 4.57 Å². The molecule has 1 aromatic carbocycles. The first-order valence-corrected chi connectivity index (χ1v) is 6.91. The van der Waals surface area contributed by atoms with Gasteiger partial charge in [0, 0.05) is 12.6 Å². The van der Waals surface area contributed by atoms with Gasteiger partial charge in [0.05, 0.1) is 12.8 Å². The zero-order valence-electron chi connectivity index (χ0n) is 12.3. The SMILES string of the molecule is CCCCn1c(C#N)cc(N)c1Oc1ccccc1OC. The van der Waals surface area contributed by atoms with Crippen molar-refractivity contribution in [2.24, 2.45) is 0 Å². The fraction of sp³-hybridized carbons (Fsp3) is 0.312. The highest BCUT2D eigenvalue weighted by Gasteiger charge is 2.16. The first-order chi connectivity index (χ1) is 10.2. The van der Waals surface area contributed by atoms with Crippen LogP contribution in [0.15, 0.2) is 30.3 Å². The van der Waals surface area contributed by atoms with Gasteiger partial charge < -0.3 is 19.8 Å². The molecule has 2 N–H and O–H groups in total. The van der Waals surface area contributed by atoms with Crippen molar-refractivity contribution in [2.45, 2.75) is 26.3 Å². The molecule has 0 aliphatic carbocycles. The van der Waals surface area contributed by atoms with Gasteiger partial charge in [-0.2, -0.15) is 5.26 Å². The van der Waals surface area contributed by atoms with Gasteiger partial charge in [0.2, 0.25) is 5.88 Å². The van der Waals surface area contributed by atoms with Gasteiger partial charge in [0.25, 0.3) is 0 Å². The third-order valence-electron chi connectivity index (χ3n) is 3.20. The predicted molar refractivity (Wildman–Crippen MR) is 81.5 cm³/mol. The Morgan fingerprint density at radius 1 is 1.29 bits per heavy atom. The molecule has 0 unspecified atom stereocenters. The number of rotatable bonds is 6. The molecule has 110 valence electrons. The highest BCUT2D eigenvalue weighted by Crippen LogP contribution is 2.35. The number of aromatic nitrogens is 1. The summed E-state index contributed by atoms with van der Waals surface area (Å²) in [5.74, 6) is 1.69. The molecule has 1 aromatic heterocycles. The molecule has 0 saturated heterocycles. The second-order valence-corrected chi connectivity index (χ2v) is 4.66. The second-order valence-electron chi connectivity index (χ2n) is 4.66. The summed E-state index contributed by atoms with van der Waals surface area (Å²) in [5.41, 5.74) is 6.95. The zero-order valence-corrected chi connectivity index (χ0v) is 12.3. The average Bonchev–Trinajstić information content (AvgIpc) is 2.81. The maximum Gasteiger partial charge on any atom is 0.224 e. The van der Waals surface area contributed by atoms with E-state index < -0.39 is 0 Å². The van der Waals surface area contributed by atoms with Gasteiger partial charge in [-0.25, -0.2) is 0 Å². The average molecular weight is 285 g/mol. The topological polar surface area (TPSA) is 73.2 Å². The molecule has 0 aliphatic heterocycles. The van der Waals surface area contributed by atoms with Crippen LogP contribution in [0.1, 0.15) is 25.5 Å². The summed E-state index contributed by atoms with van der Waals surface area (Å²) in [4.78, 5) is 0. The molecule has 2 rings (SSSR count). The van der Waals surface area contributed by atoms with Crippen LogP contribution < -0.4 is 15.2 Å². The molecule has 1 heterocycles. The Labute approximate surface area is 124 Å². The van der Waals surface area contributed by atoms with Gasteiger partial charge >= 0.3 is 0 Å². The molecule has 0 fully saturated rings. The van der Waals surface area contributed by atoms with Gasteiger partial charge in [0.1, 0.15) is 11.8 Å². The molecular formula is C16H19N3O2. The lowest BCUT2D eigenvalue weighted by Gasteiger charge is -2.13. The quantitative estimate of drug-likeness (QED) is 0.881. The fourth-order valence-corrected chi connectivity index (χ4v) is 2.10. The van der Waals surface area contributed by atoms with E-state index in [0.29, 0.717) is 35.3 Å². The minimum absolute atomic E-state index is 0.452. The van der Waals surface area contributed by atoms with Gasteiger partial charge in [0.15, 0.2) is 11.5 Å². The fourth-order valence-electron chi connectivity index (χ4n) is 2.10. The maximum absolute atomic E-state index is 9.22. The largest absolute Gasteiger partial charge is 0.493 e. The van der Waals surface area contributed by atoms with Crippen molar-refractivity contribution in [3.63, 3.8) is 0 Å². The number of hydrogen-bond acceptors (Lipinski definition) is 4. The Bertz CT molecular complexity index is 656. The zero-order chi connectivity index (χ0) is 15.2. The first kappa shape index (κ1) is 14.8. The van der Waals surface area contributed by atoms with Crippen LogP contribution in [0.5, 0.6) is 17.4 Å². The van der Waals surface area contributed by atoms with Crippen LogP contribution in [0, 0.1) is 11.3 Å². The molecule has 2 aromatic rings. The van der Waals surface area contributed by atoms with Crippen molar-refractivity contribution in [3.8, 4) is 23.4 Å². The summed E-state index contributed by atoms with van der Waals surface area (Å²) in [6, 6.07) is 11.1. The van der Waals surface area contributed by atoms with Crippen LogP contribution >= 0.6 is 0 Å². The van der Waals surface area contributed by atoms with Crippen LogP contribution in [-0.2, 0) is 6.54 Å². The third kappa shape index (κ3) is 3.11. The summed E-state index contributed by atoms with van der Waals surface area (Å²) >= 11 is 0. The van der Waals surface area contributed by atoms with Crippen molar-refractivity contribution in [1.29, 1.82) is 5.26 Å². The first-order valence-electron chi connectivity index (χ1n) is 6.91. The van der Waals surface area contributed by atoms with Gasteiger partial charge in [-0.1, -0.05) is 25.5 Å². The number of nitrogens with two attached hydrogens (primary N) is 1. The predicted octanol–water partition coefficient (Wildman–Crippen LogP) is 3.54. The monoisotopic (exact) mass is 285 g/mol. The highest BCUT2D eigenvalue weighted by atomic mass is 16.5. The lowest BCUT2D eigenvalue weighted by molar-refractivity contribution is 0.365. The number of unbranched alkanes of at least 4 members (excludes halogenated alkanes) is 1. The van der Waals surface area contributed by atoms with Crippen LogP contribution in [0.25, 0.3) is 0 Å². The molecule has 0 amide bonds. The third-order valence-corrected chi connectivity index (χ3v) is 3.20. The molecule has 5 nitrogen and oxygen atoms in total. The summed E-state index contributed by atoms with van der Waals surface area (Å²) < 4.78 is 13.0. The molecule has 0 radical (unpaired) electrons. The molecule has 0 bridgehead atoms. The van der Waals surface area contributed by atoms with Crippen LogP contribution in [-0.4, -0.2) is 11.7 Å². The van der Waals surface area contributed by atoms with Gasteiger partial charge in [-0.05, 0) is 18.6 Å². The van der Waals surface area contributed by atoms with Crippen LogP contribution in [0.4, 0.5) is 5.69 Å². The normalized spacial score (nSPS) is 10.1. The van der Waals surface area contributed by atoms with E-state index in [0.717, 1.165) is 12.8 Å². The maximum atomic E-state index is 9.22. The molecule has 0 spiro atoms. The molecule has 0 aliphatic rings. The van der Waals surface area contributed by atoms with E-state index in [1.165, 1.54) is 0 Å². The van der Waals surface area contributed by atoms with Crippen molar-refractivity contribution in [3.05, 3.63) is 36.0 Å². The molecule has 21 heavy (non-hydrogen) atoms. The summed E-state index contributed by atoms with van der Waals surface area (Å²) in [7, 11) is 1.59. The van der Waals surface area contributed by atoms with E-state index >= 15 is 0 Å². The number of methoxy groups -OCH3 is 1. The number of benzene rings is 1. The number of nitrogen functional groups attached to an aromatic ring is 1. The van der Waals surface area contributed by atoms with Gasteiger partial charge in [-0.15, -0.1) is 0 Å². The van der Waals surface area contributed by atoms with Crippen molar-refractivity contribution < 1.29 is 9.47 Å². The Morgan fingerprint density at radius 2 is 2.00 bits per heavy atom. The van der Waals surface area contributed by atoms with Gasteiger partial charge in [-0.3, -0.25) is 0 Å². The lowest BCUT2D eigenvalue weighted by atomic mass is 10.3. The van der Waals surface area contributed by atoms with E-state index in [1.807, 2.05) is 28.8 Å². The number of anilines is 1. The molecule has 5 heteroatoms. The van der Waals surface area contributed by atoms with Crippen LogP contribution in [0.3, 0.4) is 0 Å². The smallest absolute Gasteiger partial charge is 0.224 e. The molecule has 0 saturated carbocycles. The molecule has 0 atom stereocenters. The Kier molecular flexibility index (Phi) is 4.72. The lowest BCUT2D eigenvalue weighted by Crippen LogP contribution is -2.04. The summed E-state index contributed by atoms with van der Waals surface area (Å²) in [6.07, 6.45) is 1.97. The van der Waals surface area contributed by atoms with E-state index in [1.54, 1.807) is 13.2 Å². The van der Waals surface area contributed by atoms with E-state index in [9.17, 15) is 5.26 Å². The second kappa shape index (κ2) is 6.71. The number of para-hydroxylation sites is 2. The van der Waals surface area contributed by atoms with E-state index in [4.69, 9.17) is 15.2 Å². The Hall–Kier alpha value is -2.61. The number of nitrogens with zero attached hydrogens (tertiary/aromatic N) is 2. The minimum Gasteiger partial charge on any atom is -0.493 e. The summed E-state index contributed by atoms with van der Waals surface area (Å²) in [6.45, 7) is 2.79. The summed E-state index contributed by atoms with van der Waals surface area (Å²) in [5, 5.41) is 9.22. The van der Waals surface area contributed by atoms with Crippen LogP contribution in [0.2, 0.25) is 0 Å².